The standard InChI is InChI=1S/C22H23N3O4S/c1-3-28-14-10-8-13(9-11-14)17-12-16(25-29-17)20(26)24-22-19(21(27)23-2)15-6-4-5-7-18(15)30-22/h8-12H,3-7H2,1-2H3,(H,23,27)(H,24,26). The predicted octanol–water partition coefficient (Wildman–Crippen LogP) is 4.29. The molecule has 0 saturated carbocycles. The van der Waals surface area contributed by atoms with Crippen molar-refractivity contribution in [1.29, 1.82) is 0 Å². The van der Waals surface area contributed by atoms with Gasteiger partial charge in [-0.25, -0.2) is 0 Å². The first-order chi connectivity index (χ1) is 14.6. The van der Waals surface area contributed by atoms with Crippen LogP contribution in [0.5, 0.6) is 5.75 Å². The molecule has 7 nitrogen and oxygen atoms in total. The summed E-state index contributed by atoms with van der Waals surface area (Å²) in [5.74, 6) is 0.668. The minimum absolute atomic E-state index is 0.160. The fourth-order valence-corrected chi connectivity index (χ4v) is 4.87. The molecule has 3 aromatic rings. The van der Waals surface area contributed by atoms with Crippen LogP contribution in [0.2, 0.25) is 0 Å². The zero-order valence-electron chi connectivity index (χ0n) is 16.9. The number of aryl methyl sites for hydroxylation is 1. The van der Waals surface area contributed by atoms with E-state index in [0.29, 0.717) is 22.9 Å². The minimum atomic E-state index is -0.403. The Balaban J connectivity index is 1.55. The van der Waals surface area contributed by atoms with E-state index in [2.05, 4.69) is 15.8 Å². The number of hydrogen-bond donors (Lipinski definition) is 2. The van der Waals surface area contributed by atoms with Gasteiger partial charge in [-0.2, -0.15) is 0 Å². The van der Waals surface area contributed by atoms with Crippen LogP contribution in [-0.4, -0.2) is 30.6 Å². The van der Waals surface area contributed by atoms with E-state index >= 15 is 0 Å². The van der Waals surface area contributed by atoms with E-state index in [9.17, 15) is 9.59 Å². The van der Waals surface area contributed by atoms with Crippen LogP contribution in [0, 0.1) is 0 Å². The lowest BCUT2D eigenvalue weighted by molar-refractivity contribution is 0.0963. The van der Waals surface area contributed by atoms with Crippen LogP contribution in [0.25, 0.3) is 11.3 Å². The summed E-state index contributed by atoms with van der Waals surface area (Å²) in [4.78, 5) is 26.4. The number of thiophene rings is 1. The van der Waals surface area contributed by atoms with E-state index in [4.69, 9.17) is 9.26 Å². The molecule has 0 unspecified atom stereocenters. The Morgan fingerprint density at radius 2 is 1.93 bits per heavy atom. The second kappa shape index (κ2) is 8.71. The number of carbonyl (C=O) groups is 2. The lowest BCUT2D eigenvalue weighted by atomic mass is 9.95. The highest BCUT2D eigenvalue weighted by Crippen LogP contribution is 2.38. The molecule has 0 atom stereocenters. The Labute approximate surface area is 178 Å². The highest BCUT2D eigenvalue weighted by atomic mass is 32.1. The molecule has 4 rings (SSSR count). The molecule has 8 heteroatoms. The highest BCUT2D eigenvalue weighted by molar-refractivity contribution is 7.17. The molecular weight excluding hydrogens is 402 g/mol. The minimum Gasteiger partial charge on any atom is -0.494 e. The summed E-state index contributed by atoms with van der Waals surface area (Å²) in [6, 6.07) is 8.98. The van der Waals surface area contributed by atoms with Crippen molar-refractivity contribution < 1.29 is 18.8 Å². The molecule has 0 radical (unpaired) electrons. The number of nitrogens with zero attached hydrogens (tertiary/aromatic N) is 1. The van der Waals surface area contributed by atoms with Crippen molar-refractivity contribution in [3.63, 3.8) is 0 Å². The average Bonchev–Trinajstić information content (AvgIpc) is 3.39. The molecule has 1 aliphatic carbocycles. The first-order valence-electron chi connectivity index (χ1n) is 9.98. The zero-order chi connectivity index (χ0) is 21.1. The lowest BCUT2D eigenvalue weighted by Gasteiger charge is -2.12. The van der Waals surface area contributed by atoms with Gasteiger partial charge in [0.2, 0.25) is 0 Å². The quantitative estimate of drug-likeness (QED) is 0.614. The summed E-state index contributed by atoms with van der Waals surface area (Å²) in [5, 5.41) is 10.0. The maximum Gasteiger partial charge on any atom is 0.278 e. The normalized spacial score (nSPS) is 12.9. The topological polar surface area (TPSA) is 93.5 Å². The van der Waals surface area contributed by atoms with Crippen molar-refractivity contribution in [3.8, 4) is 17.1 Å². The van der Waals surface area contributed by atoms with Crippen molar-refractivity contribution in [3.05, 3.63) is 52.0 Å². The van der Waals surface area contributed by atoms with Crippen molar-refractivity contribution in [2.24, 2.45) is 0 Å². The number of nitrogens with one attached hydrogen (secondary N) is 2. The van der Waals surface area contributed by atoms with Crippen LogP contribution in [-0.2, 0) is 12.8 Å². The van der Waals surface area contributed by atoms with Gasteiger partial charge in [0, 0.05) is 23.6 Å². The van der Waals surface area contributed by atoms with Gasteiger partial charge in [0.05, 0.1) is 12.2 Å². The van der Waals surface area contributed by atoms with Gasteiger partial charge in [-0.05, 0) is 62.4 Å². The smallest absolute Gasteiger partial charge is 0.278 e. The van der Waals surface area contributed by atoms with E-state index in [1.165, 1.54) is 16.2 Å². The van der Waals surface area contributed by atoms with E-state index in [0.717, 1.165) is 42.6 Å². The third-order valence-electron chi connectivity index (χ3n) is 5.05. The van der Waals surface area contributed by atoms with Crippen LogP contribution in [0.4, 0.5) is 5.00 Å². The van der Waals surface area contributed by atoms with Crippen LogP contribution < -0.4 is 15.4 Å². The summed E-state index contributed by atoms with van der Waals surface area (Å²) < 4.78 is 10.8. The van der Waals surface area contributed by atoms with Crippen molar-refractivity contribution in [2.75, 3.05) is 19.0 Å². The second-order valence-electron chi connectivity index (χ2n) is 6.98. The Kier molecular flexibility index (Phi) is 5.85. The molecule has 0 spiro atoms. The Morgan fingerprint density at radius 1 is 1.17 bits per heavy atom. The van der Waals surface area contributed by atoms with Gasteiger partial charge in [0.15, 0.2) is 11.5 Å². The second-order valence-corrected chi connectivity index (χ2v) is 8.09. The van der Waals surface area contributed by atoms with Crippen LogP contribution in [0.1, 0.15) is 51.1 Å². The lowest BCUT2D eigenvalue weighted by Crippen LogP contribution is -2.22. The van der Waals surface area contributed by atoms with Crippen LogP contribution >= 0.6 is 11.3 Å². The number of rotatable bonds is 6. The SMILES string of the molecule is CCOc1ccc(-c2cc(C(=O)Nc3sc4c(c3C(=O)NC)CCCC4)no2)cc1. The molecule has 0 saturated heterocycles. The molecular formula is C22H23N3O4S. The largest absolute Gasteiger partial charge is 0.494 e. The van der Waals surface area contributed by atoms with E-state index < -0.39 is 5.91 Å². The number of anilines is 1. The molecule has 2 N–H and O–H groups in total. The van der Waals surface area contributed by atoms with Crippen molar-refractivity contribution in [2.45, 2.75) is 32.6 Å². The fraction of sp³-hybridized carbons (Fsp3) is 0.318. The van der Waals surface area contributed by atoms with Gasteiger partial charge in [0.25, 0.3) is 11.8 Å². The van der Waals surface area contributed by atoms with Crippen LogP contribution in [0.3, 0.4) is 0 Å². The van der Waals surface area contributed by atoms with E-state index in [-0.39, 0.29) is 11.6 Å². The number of fused-ring (bicyclic) bond motifs is 1. The fourth-order valence-electron chi connectivity index (χ4n) is 3.59. The van der Waals surface area contributed by atoms with Gasteiger partial charge in [0.1, 0.15) is 10.8 Å². The van der Waals surface area contributed by atoms with Crippen LogP contribution in [0.15, 0.2) is 34.9 Å². The molecule has 30 heavy (non-hydrogen) atoms. The number of carbonyl (C=O) groups excluding carboxylic acids is 2. The Hall–Kier alpha value is -3.13. The maximum absolute atomic E-state index is 12.8. The van der Waals surface area contributed by atoms with Gasteiger partial charge >= 0.3 is 0 Å². The maximum atomic E-state index is 12.8. The molecule has 1 aromatic carbocycles. The molecule has 0 bridgehead atoms. The predicted molar refractivity (Wildman–Crippen MR) is 115 cm³/mol. The summed E-state index contributed by atoms with van der Waals surface area (Å²) in [7, 11) is 1.60. The zero-order valence-corrected chi connectivity index (χ0v) is 17.7. The molecule has 156 valence electrons. The van der Waals surface area contributed by atoms with E-state index in [1.807, 2.05) is 31.2 Å². The number of benzene rings is 1. The third kappa shape index (κ3) is 3.95. The third-order valence-corrected chi connectivity index (χ3v) is 6.25. The van der Waals surface area contributed by atoms with Gasteiger partial charge in [-0.15, -0.1) is 11.3 Å². The molecule has 0 fully saturated rings. The summed E-state index contributed by atoms with van der Waals surface area (Å²) in [5.41, 5.74) is 2.58. The van der Waals surface area contributed by atoms with Gasteiger partial charge in [-0.1, -0.05) is 5.16 Å². The first-order valence-corrected chi connectivity index (χ1v) is 10.8. The summed E-state index contributed by atoms with van der Waals surface area (Å²) in [6.07, 6.45) is 3.95. The molecule has 2 heterocycles. The summed E-state index contributed by atoms with van der Waals surface area (Å²) >= 11 is 1.47. The molecule has 0 aliphatic heterocycles. The Bertz CT molecular complexity index is 1070. The molecule has 2 aromatic heterocycles. The molecule has 1 aliphatic rings. The highest BCUT2D eigenvalue weighted by Gasteiger charge is 2.26. The summed E-state index contributed by atoms with van der Waals surface area (Å²) in [6.45, 7) is 2.52. The van der Waals surface area contributed by atoms with E-state index in [1.54, 1.807) is 13.1 Å². The number of amides is 2. The van der Waals surface area contributed by atoms with Gasteiger partial charge in [-0.3, -0.25) is 9.59 Å². The van der Waals surface area contributed by atoms with Crippen molar-refractivity contribution >= 4 is 28.2 Å². The first kappa shape index (κ1) is 20.2. The number of ether oxygens (including phenoxy) is 1. The van der Waals surface area contributed by atoms with Crippen molar-refractivity contribution in [1.82, 2.24) is 10.5 Å². The molecule has 2 amide bonds. The Morgan fingerprint density at radius 3 is 2.67 bits per heavy atom. The number of hydrogen-bond acceptors (Lipinski definition) is 6. The monoisotopic (exact) mass is 425 g/mol. The average molecular weight is 426 g/mol. The number of aromatic nitrogens is 1. The van der Waals surface area contributed by atoms with Gasteiger partial charge < -0.3 is 19.9 Å².